The summed E-state index contributed by atoms with van der Waals surface area (Å²) in [7, 11) is -3.66. The number of benzene rings is 1. The first kappa shape index (κ1) is 16.0. The van der Waals surface area contributed by atoms with Gasteiger partial charge in [0.15, 0.2) is 0 Å². The first-order valence-corrected chi connectivity index (χ1v) is 8.83. The third-order valence-corrected chi connectivity index (χ3v) is 5.37. The summed E-state index contributed by atoms with van der Waals surface area (Å²) in [5, 5.41) is 0. The largest absolute Gasteiger partial charge is 0.263 e. The second-order valence-electron chi connectivity index (χ2n) is 5.11. The highest BCUT2D eigenvalue weighted by Crippen LogP contribution is 2.30. The number of halogens is 1. The van der Waals surface area contributed by atoms with Gasteiger partial charge in [-0.2, -0.15) is 0 Å². The summed E-state index contributed by atoms with van der Waals surface area (Å²) in [6, 6.07) is 8.65. The average molecular weight is 369 g/mol. The molecular formula is C15H17BrN2O2S. The molecular weight excluding hydrogens is 352 g/mol. The molecule has 0 saturated heterocycles. The molecule has 0 fully saturated rings. The van der Waals surface area contributed by atoms with Crippen LogP contribution in [0.1, 0.15) is 30.9 Å². The van der Waals surface area contributed by atoms with Crippen LogP contribution in [0, 0.1) is 6.92 Å². The van der Waals surface area contributed by atoms with Crippen molar-refractivity contribution in [3.8, 4) is 0 Å². The molecule has 0 amide bonds. The molecule has 0 atom stereocenters. The summed E-state index contributed by atoms with van der Waals surface area (Å²) in [5.74, 6) is 0.407. The molecule has 0 aliphatic heterocycles. The van der Waals surface area contributed by atoms with E-state index in [0.29, 0.717) is 10.7 Å². The molecule has 0 bridgehead atoms. The van der Waals surface area contributed by atoms with E-state index in [4.69, 9.17) is 0 Å². The molecule has 1 aromatic carbocycles. The van der Waals surface area contributed by atoms with Gasteiger partial charge in [0.05, 0.1) is 4.90 Å². The Balaban J connectivity index is 2.51. The van der Waals surface area contributed by atoms with Gasteiger partial charge >= 0.3 is 0 Å². The third-order valence-electron chi connectivity index (χ3n) is 3.11. The zero-order valence-corrected chi connectivity index (χ0v) is 14.5. The number of rotatable bonds is 4. The number of hydrogen-bond donors (Lipinski definition) is 1. The van der Waals surface area contributed by atoms with Gasteiger partial charge in [0.1, 0.15) is 5.82 Å². The molecule has 0 radical (unpaired) electrons. The van der Waals surface area contributed by atoms with E-state index >= 15 is 0 Å². The highest BCUT2D eigenvalue weighted by Gasteiger charge is 2.22. The number of aryl methyl sites for hydroxylation is 1. The van der Waals surface area contributed by atoms with E-state index in [9.17, 15) is 8.42 Å². The maximum absolute atomic E-state index is 12.6. The Morgan fingerprint density at radius 3 is 2.52 bits per heavy atom. The van der Waals surface area contributed by atoms with Gasteiger partial charge in [-0.3, -0.25) is 4.72 Å². The maximum Gasteiger partial charge on any atom is 0.263 e. The molecule has 2 rings (SSSR count). The lowest BCUT2D eigenvalue weighted by Gasteiger charge is -2.16. The molecule has 2 aromatic rings. The lowest BCUT2D eigenvalue weighted by molar-refractivity contribution is 0.598. The summed E-state index contributed by atoms with van der Waals surface area (Å²) in [6.07, 6.45) is 1.55. The predicted molar refractivity (Wildman–Crippen MR) is 88.0 cm³/mol. The Hall–Kier alpha value is -1.40. The normalized spacial score (nSPS) is 11.7. The molecule has 0 unspecified atom stereocenters. The second kappa shape index (κ2) is 6.15. The number of pyridine rings is 1. The molecule has 0 saturated carbocycles. The fourth-order valence-electron chi connectivity index (χ4n) is 1.97. The fourth-order valence-corrected chi connectivity index (χ4v) is 3.77. The zero-order valence-electron chi connectivity index (χ0n) is 12.1. The highest BCUT2D eigenvalue weighted by atomic mass is 79.9. The van der Waals surface area contributed by atoms with Crippen molar-refractivity contribution in [2.45, 2.75) is 31.6 Å². The van der Waals surface area contributed by atoms with E-state index in [1.54, 1.807) is 30.5 Å². The smallest absolute Gasteiger partial charge is 0.263 e. The minimum absolute atomic E-state index is 0.0946. The molecule has 6 heteroatoms. The van der Waals surface area contributed by atoms with Gasteiger partial charge in [-0.25, -0.2) is 13.4 Å². The molecule has 21 heavy (non-hydrogen) atoms. The van der Waals surface area contributed by atoms with Crippen molar-refractivity contribution in [3.05, 3.63) is 52.1 Å². The zero-order chi connectivity index (χ0) is 15.6. The molecule has 112 valence electrons. The topological polar surface area (TPSA) is 59.1 Å². The highest BCUT2D eigenvalue weighted by molar-refractivity contribution is 9.10. The van der Waals surface area contributed by atoms with Crippen LogP contribution >= 0.6 is 15.9 Å². The van der Waals surface area contributed by atoms with Crippen molar-refractivity contribution in [2.24, 2.45) is 0 Å². The molecule has 1 aromatic heterocycles. The number of anilines is 1. The van der Waals surface area contributed by atoms with E-state index in [1.807, 2.05) is 26.8 Å². The van der Waals surface area contributed by atoms with Gasteiger partial charge in [-0.15, -0.1) is 0 Å². The maximum atomic E-state index is 12.6. The standard InChI is InChI=1S/C15H17BrN2O2S/c1-10(2)12-9-13(16)11(3)8-14(12)21(19,20)18-15-6-4-5-7-17-15/h4-10H,1-3H3,(H,17,18). The van der Waals surface area contributed by atoms with Crippen LogP contribution in [-0.2, 0) is 10.0 Å². The summed E-state index contributed by atoms with van der Waals surface area (Å²) in [6.45, 7) is 5.81. The quantitative estimate of drug-likeness (QED) is 0.884. The van der Waals surface area contributed by atoms with Crippen LogP contribution in [0.4, 0.5) is 5.82 Å². The number of nitrogens with zero attached hydrogens (tertiary/aromatic N) is 1. The van der Waals surface area contributed by atoms with Gasteiger partial charge in [-0.1, -0.05) is 35.8 Å². The first-order valence-electron chi connectivity index (χ1n) is 6.55. The molecule has 1 N–H and O–H groups in total. The Morgan fingerprint density at radius 2 is 1.95 bits per heavy atom. The SMILES string of the molecule is Cc1cc(S(=O)(=O)Nc2ccccn2)c(C(C)C)cc1Br. The summed E-state index contributed by atoms with van der Waals surface area (Å²) < 4.78 is 28.7. The number of nitrogens with one attached hydrogen (secondary N) is 1. The summed E-state index contributed by atoms with van der Waals surface area (Å²) >= 11 is 3.45. The second-order valence-corrected chi connectivity index (χ2v) is 7.62. The minimum atomic E-state index is -3.66. The third kappa shape index (κ3) is 3.63. The summed E-state index contributed by atoms with van der Waals surface area (Å²) in [5.41, 5.74) is 1.65. The van der Waals surface area contributed by atoms with E-state index in [0.717, 1.165) is 15.6 Å². The van der Waals surface area contributed by atoms with Crippen LogP contribution in [0.15, 0.2) is 45.9 Å². The van der Waals surface area contributed by atoms with Crippen LogP contribution in [0.25, 0.3) is 0 Å². The number of hydrogen-bond acceptors (Lipinski definition) is 3. The van der Waals surface area contributed by atoms with E-state index in [1.165, 1.54) is 0 Å². The Labute approximate surface area is 133 Å². The van der Waals surface area contributed by atoms with Crippen molar-refractivity contribution in [3.63, 3.8) is 0 Å². The Morgan fingerprint density at radius 1 is 1.24 bits per heavy atom. The monoisotopic (exact) mass is 368 g/mol. The van der Waals surface area contributed by atoms with Crippen LogP contribution in [0.2, 0.25) is 0 Å². The van der Waals surface area contributed by atoms with Gasteiger partial charge < -0.3 is 0 Å². The van der Waals surface area contributed by atoms with Crippen molar-refractivity contribution < 1.29 is 8.42 Å². The van der Waals surface area contributed by atoms with Crippen molar-refractivity contribution in [1.82, 2.24) is 4.98 Å². The van der Waals surface area contributed by atoms with Gasteiger partial charge in [0.25, 0.3) is 10.0 Å². The van der Waals surface area contributed by atoms with Crippen LogP contribution < -0.4 is 4.72 Å². The number of aromatic nitrogens is 1. The molecule has 0 spiro atoms. The average Bonchev–Trinajstić information content (AvgIpc) is 2.41. The van der Waals surface area contributed by atoms with Gasteiger partial charge in [-0.05, 0) is 48.2 Å². The number of sulfonamides is 1. The van der Waals surface area contributed by atoms with Crippen LogP contribution in [-0.4, -0.2) is 13.4 Å². The molecule has 0 aliphatic carbocycles. The van der Waals surface area contributed by atoms with Gasteiger partial charge in [0.2, 0.25) is 0 Å². The minimum Gasteiger partial charge on any atom is -0.263 e. The Bertz CT molecular complexity index is 744. The Kier molecular flexibility index (Phi) is 4.68. The van der Waals surface area contributed by atoms with E-state index < -0.39 is 10.0 Å². The molecule has 1 heterocycles. The lowest BCUT2D eigenvalue weighted by Crippen LogP contribution is -2.16. The molecule has 0 aliphatic rings. The first-order chi connectivity index (χ1) is 9.81. The van der Waals surface area contributed by atoms with Crippen molar-refractivity contribution in [2.75, 3.05) is 4.72 Å². The van der Waals surface area contributed by atoms with Crippen molar-refractivity contribution in [1.29, 1.82) is 0 Å². The van der Waals surface area contributed by atoms with Crippen LogP contribution in [0.5, 0.6) is 0 Å². The lowest BCUT2D eigenvalue weighted by atomic mass is 10.0. The van der Waals surface area contributed by atoms with E-state index in [-0.39, 0.29) is 5.92 Å². The predicted octanol–water partition coefficient (Wildman–Crippen LogP) is 4.08. The fraction of sp³-hybridized carbons (Fsp3) is 0.267. The van der Waals surface area contributed by atoms with Gasteiger partial charge in [0, 0.05) is 10.7 Å². The van der Waals surface area contributed by atoms with Crippen molar-refractivity contribution >= 4 is 31.8 Å². The summed E-state index contributed by atoms with van der Waals surface area (Å²) in [4.78, 5) is 4.30. The molecule has 4 nitrogen and oxygen atoms in total. The van der Waals surface area contributed by atoms with Crippen LogP contribution in [0.3, 0.4) is 0 Å². The van der Waals surface area contributed by atoms with E-state index in [2.05, 4.69) is 25.6 Å².